The third-order valence-corrected chi connectivity index (χ3v) is 2.14. The van der Waals surface area contributed by atoms with Crippen LogP contribution in [-0.4, -0.2) is 22.0 Å². The van der Waals surface area contributed by atoms with Crippen LogP contribution in [0.4, 0.5) is 0 Å². The van der Waals surface area contributed by atoms with E-state index in [2.05, 4.69) is 10.3 Å². The zero-order chi connectivity index (χ0) is 12.1. The molecule has 84 valence electrons. The van der Waals surface area contributed by atoms with Crippen LogP contribution in [0.3, 0.4) is 0 Å². The summed E-state index contributed by atoms with van der Waals surface area (Å²) in [5.41, 5.74) is 0.121. The lowest BCUT2D eigenvalue weighted by molar-refractivity contribution is 0.0935. The van der Waals surface area contributed by atoms with Crippen molar-refractivity contribution in [2.75, 3.05) is 0 Å². The first-order valence-electron chi connectivity index (χ1n) is 4.89. The number of carbonyl (C=O) groups is 1. The van der Waals surface area contributed by atoms with Crippen LogP contribution < -0.4 is 5.32 Å². The van der Waals surface area contributed by atoms with Crippen molar-refractivity contribution in [2.45, 2.75) is 19.9 Å². The van der Waals surface area contributed by atoms with Gasteiger partial charge in [0, 0.05) is 6.20 Å². The molecule has 1 rings (SSSR count). The molecule has 1 amide bonds. The number of pyridine rings is 1. The summed E-state index contributed by atoms with van der Waals surface area (Å²) < 4.78 is 0. The molecule has 1 atom stereocenters. The van der Waals surface area contributed by atoms with Gasteiger partial charge in [0.25, 0.3) is 5.91 Å². The zero-order valence-electron chi connectivity index (χ0n) is 9.14. The Bertz CT molecular complexity index is 423. The fraction of sp³-hybridized carbons (Fsp3) is 0.364. The van der Waals surface area contributed by atoms with Gasteiger partial charge < -0.3 is 10.4 Å². The summed E-state index contributed by atoms with van der Waals surface area (Å²) in [6.07, 6.45) is 2.59. The van der Waals surface area contributed by atoms with Crippen molar-refractivity contribution < 1.29 is 9.90 Å². The van der Waals surface area contributed by atoms with Gasteiger partial charge in [0.15, 0.2) is 0 Å². The first kappa shape index (κ1) is 12.0. The minimum atomic E-state index is -0.569. The van der Waals surface area contributed by atoms with E-state index in [1.807, 2.05) is 19.9 Å². The molecule has 0 bridgehead atoms. The highest BCUT2D eigenvalue weighted by Gasteiger charge is 2.18. The average molecular weight is 219 g/mol. The van der Waals surface area contributed by atoms with Gasteiger partial charge in [-0.1, -0.05) is 13.8 Å². The smallest absolute Gasteiger partial charge is 0.256 e. The van der Waals surface area contributed by atoms with Crippen molar-refractivity contribution in [3.05, 3.63) is 24.0 Å². The van der Waals surface area contributed by atoms with Crippen molar-refractivity contribution in [2.24, 2.45) is 5.92 Å². The molecular formula is C11H13N3O2. The number of aromatic hydroxyl groups is 1. The van der Waals surface area contributed by atoms with Crippen LogP contribution in [0.1, 0.15) is 24.2 Å². The summed E-state index contributed by atoms with van der Waals surface area (Å²) in [7, 11) is 0. The van der Waals surface area contributed by atoms with Crippen molar-refractivity contribution in [3.63, 3.8) is 0 Å². The van der Waals surface area contributed by atoms with E-state index in [1.165, 1.54) is 18.5 Å². The number of carbonyl (C=O) groups excluding carboxylic acids is 1. The first-order valence-corrected chi connectivity index (χ1v) is 4.89. The molecule has 2 N–H and O–H groups in total. The Morgan fingerprint density at radius 1 is 1.62 bits per heavy atom. The van der Waals surface area contributed by atoms with E-state index in [1.54, 1.807) is 0 Å². The molecule has 0 saturated carbocycles. The molecule has 0 fully saturated rings. The number of amides is 1. The second-order valence-electron chi connectivity index (χ2n) is 3.72. The highest BCUT2D eigenvalue weighted by molar-refractivity contribution is 5.96. The van der Waals surface area contributed by atoms with Gasteiger partial charge >= 0.3 is 0 Å². The highest BCUT2D eigenvalue weighted by Crippen LogP contribution is 2.14. The lowest BCUT2D eigenvalue weighted by Gasteiger charge is -2.15. The summed E-state index contributed by atoms with van der Waals surface area (Å²) in [6, 6.07) is 2.83. The van der Waals surface area contributed by atoms with Crippen LogP contribution in [0.25, 0.3) is 0 Å². The van der Waals surface area contributed by atoms with Gasteiger partial charge in [-0.05, 0) is 12.0 Å². The maximum atomic E-state index is 11.7. The third-order valence-electron chi connectivity index (χ3n) is 2.14. The fourth-order valence-electron chi connectivity index (χ4n) is 1.15. The lowest BCUT2D eigenvalue weighted by atomic mass is 10.1. The van der Waals surface area contributed by atoms with E-state index in [0.717, 1.165) is 0 Å². The molecular weight excluding hydrogens is 206 g/mol. The number of hydrogen-bond donors (Lipinski definition) is 2. The van der Waals surface area contributed by atoms with Crippen molar-refractivity contribution in [1.82, 2.24) is 10.3 Å². The molecule has 0 aliphatic carbocycles. The zero-order valence-corrected chi connectivity index (χ0v) is 9.14. The van der Waals surface area contributed by atoms with E-state index in [-0.39, 0.29) is 17.2 Å². The summed E-state index contributed by atoms with van der Waals surface area (Å²) >= 11 is 0. The summed E-state index contributed by atoms with van der Waals surface area (Å²) in [4.78, 5) is 15.4. The molecule has 0 radical (unpaired) electrons. The predicted octanol–water partition coefficient (Wildman–Crippen LogP) is 1.07. The number of aromatic nitrogens is 1. The monoisotopic (exact) mass is 219 g/mol. The molecule has 1 aromatic rings. The van der Waals surface area contributed by atoms with E-state index >= 15 is 0 Å². The van der Waals surface area contributed by atoms with Crippen molar-refractivity contribution in [1.29, 1.82) is 5.26 Å². The second-order valence-corrected chi connectivity index (χ2v) is 3.72. The third kappa shape index (κ3) is 2.70. The molecule has 5 nitrogen and oxygen atoms in total. The number of nitrogens with zero attached hydrogens (tertiary/aromatic N) is 2. The van der Waals surface area contributed by atoms with Gasteiger partial charge in [-0.15, -0.1) is 0 Å². The van der Waals surface area contributed by atoms with Crippen LogP contribution in [-0.2, 0) is 0 Å². The number of nitrogens with one attached hydrogen (secondary N) is 1. The van der Waals surface area contributed by atoms with Gasteiger partial charge in [0.2, 0.25) is 0 Å². The van der Waals surface area contributed by atoms with Crippen LogP contribution in [0, 0.1) is 17.2 Å². The molecule has 5 heteroatoms. The maximum Gasteiger partial charge on any atom is 0.256 e. The maximum absolute atomic E-state index is 11.7. The van der Waals surface area contributed by atoms with E-state index in [9.17, 15) is 9.90 Å². The van der Waals surface area contributed by atoms with Gasteiger partial charge in [0.05, 0.1) is 17.8 Å². The molecule has 0 aromatic carbocycles. The number of hydrogen-bond acceptors (Lipinski definition) is 4. The minimum absolute atomic E-state index is 0.0120. The van der Waals surface area contributed by atoms with E-state index < -0.39 is 11.9 Å². The Balaban J connectivity index is 2.81. The van der Waals surface area contributed by atoms with Crippen molar-refractivity contribution in [3.8, 4) is 11.8 Å². The van der Waals surface area contributed by atoms with Gasteiger partial charge in [-0.3, -0.25) is 9.78 Å². The Morgan fingerprint density at radius 3 is 2.81 bits per heavy atom. The molecule has 0 saturated heterocycles. The first-order chi connectivity index (χ1) is 7.56. The molecule has 0 aliphatic heterocycles. The lowest BCUT2D eigenvalue weighted by Crippen LogP contribution is -2.37. The average Bonchev–Trinajstić information content (AvgIpc) is 2.25. The standard InChI is InChI=1S/C11H13N3O2/c1-7(2)9(5-12)14-11(16)8-3-4-13-6-10(8)15/h3-4,6-7,9,15H,1-2H3,(H,14,16). The van der Waals surface area contributed by atoms with E-state index in [4.69, 9.17) is 5.26 Å². The van der Waals surface area contributed by atoms with Crippen molar-refractivity contribution >= 4 is 5.91 Å². The fourth-order valence-corrected chi connectivity index (χ4v) is 1.15. The number of nitriles is 1. The molecule has 16 heavy (non-hydrogen) atoms. The van der Waals surface area contributed by atoms with Crippen LogP contribution in [0.5, 0.6) is 5.75 Å². The van der Waals surface area contributed by atoms with E-state index in [0.29, 0.717) is 0 Å². The second kappa shape index (κ2) is 5.12. The summed E-state index contributed by atoms with van der Waals surface area (Å²) in [5.74, 6) is -0.654. The quantitative estimate of drug-likeness (QED) is 0.796. The van der Waals surface area contributed by atoms with Gasteiger partial charge in [0.1, 0.15) is 11.8 Å². The molecule has 1 aromatic heterocycles. The normalized spacial score (nSPS) is 11.9. The largest absolute Gasteiger partial charge is 0.505 e. The van der Waals surface area contributed by atoms with Crippen LogP contribution >= 0.6 is 0 Å². The number of rotatable bonds is 3. The Hall–Kier alpha value is -2.09. The predicted molar refractivity (Wildman–Crippen MR) is 57.6 cm³/mol. The molecule has 0 aliphatic rings. The SMILES string of the molecule is CC(C)C(C#N)NC(=O)c1ccncc1O. The summed E-state index contributed by atoms with van der Waals surface area (Å²) in [6.45, 7) is 3.67. The Labute approximate surface area is 93.7 Å². The Morgan fingerprint density at radius 2 is 2.31 bits per heavy atom. The van der Waals surface area contributed by atoms with Crippen LogP contribution in [0.2, 0.25) is 0 Å². The summed E-state index contributed by atoms with van der Waals surface area (Å²) in [5, 5.41) is 20.8. The molecule has 1 unspecified atom stereocenters. The highest BCUT2D eigenvalue weighted by atomic mass is 16.3. The van der Waals surface area contributed by atoms with Gasteiger partial charge in [-0.25, -0.2) is 0 Å². The topological polar surface area (TPSA) is 86.0 Å². The van der Waals surface area contributed by atoms with Crippen LogP contribution in [0.15, 0.2) is 18.5 Å². The molecule has 0 spiro atoms. The van der Waals surface area contributed by atoms with Gasteiger partial charge in [-0.2, -0.15) is 5.26 Å². The molecule has 1 heterocycles. The Kier molecular flexibility index (Phi) is 3.84. The minimum Gasteiger partial charge on any atom is -0.505 e.